The van der Waals surface area contributed by atoms with Crippen LogP contribution in [0.4, 0.5) is 10.6 Å². The lowest BCUT2D eigenvalue weighted by atomic mass is 10.1. The van der Waals surface area contributed by atoms with E-state index in [9.17, 15) is 4.79 Å². The van der Waals surface area contributed by atoms with E-state index in [-0.39, 0.29) is 6.03 Å². The van der Waals surface area contributed by atoms with Gasteiger partial charge in [0.2, 0.25) is 0 Å². The molecule has 30 heavy (non-hydrogen) atoms. The second-order valence-corrected chi connectivity index (χ2v) is 7.17. The number of benzene rings is 1. The molecule has 0 bridgehead atoms. The minimum atomic E-state index is -0.0640. The fourth-order valence-electron chi connectivity index (χ4n) is 3.51. The van der Waals surface area contributed by atoms with Crippen molar-refractivity contribution in [2.75, 3.05) is 31.1 Å². The summed E-state index contributed by atoms with van der Waals surface area (Å²) in [5.74, 6) is 0.781. The number of hydrogen-bond donors (Lipinski definition) is 1. The van der Waals surface area contributed by atoms with E-state index in [1.807, 2.05) is 34.0 Å². The zero-order valence-corrected chi connectivity index (χ0v) is 16.6. The monoisotopic (exact) mass is 401 g/mol. The van der Waals surface area contributed by atoms with Crippen molar-refractivity contribution in [3.8, 4) is 6.07 Å². The van der Waals surface area contributed by atoms with Crippen molar-refractivity contribution >= 4 is 11.8 Å². The van der Waals surface area contributed by atoms with Gasteiger partial charge in [-0.05, 0) is 29.3 Å². The first-order valence-corrected chi connectivity index (χ1v) is 9.90. The van der Waals surface area contributed by atoms with Crippen LogP contribution in [-0.4, -0.2) is 51.9 Å². The van der Waals surface area contributed by atoms with E-state index in [4.69, 9.17) is 5.26 Å². The van der Waals surface area contributed by atoms with Crippen molar-refractivity contribution in [3.63, 3.8) is 0 Å². The Labute approximate surface area is 175 Å². The van der Waals surface area contributed by atoms with Gasteiger partial charge in [0, 0.05) is 51.3 Å². The van der Waals surface area contributed by atoms with Gasteiger partial charge >= 0.3 is 6.03 Å². The predicted octanol–water partition coefficient (Wildman–Crippen LogP) is 2.23. The van der Waals surface area contributed by atoms with Crippen molar-refractivity contribution in [2.24, 2.45) is 0 Å². The van der Waals surface area contributed by atoms with Crippen LogP contribution in [0.2, 0.25) is 0 Å². The minimum Gasteiger partial charge on any atom is -0.353 e. The Morgan fingerprint density at radius 1 is 1.07 bits per heavy atom. The molecule has 4 rings (SSSR count). The second-order valence-electron chi connectivity index (χ2n) is 7.17. The zero-order valence-electron chi connectivity index (χ0n) is 16.6. The third kappa shape index (κ3) is 4.75. The zero-order chi connectivity index (χ0) is 20.8. The Morgan fingerprint density at radius 2 is 1.90 bits per heavy atom. The first kappa shape index (κ1) is 19.5. The minimum absolute atomic E-state index is 0.0640. The van der Waals surface area contributed by atoms with Crippen molar-refractivity contribution in [1.29, 1.82) is 5.26 Å². The van der Waals surface area contributed by atoms with Gasteiger partial charge in [-0.2, -0.15) is 10.4 Å². The van der Waals surface area contributed by atoms with Crippen LogP contribution in [0.1, 0.15) is 16.7 Å². The molecular weight excluding hydrogens is 378 g/mol. The number of nitriles is 1. The van der Waals surface area contributed by atoms with Crippen molar-refractivity contribution < 1.29 is 4.79 Å². The molecule has 1 aromatic carbocycles. The highest BCUT2D eigenvalue weighted by atomic mass is 16.2. The summed E-state index contributed by atoms with van der Waals surface area (Å²) in [4.78, 5) is 20.8. The average molecular weight is 401 g/mol. The number of carbonyl (C=O) groups is 1. The number of carbonyl (C=O) groups excluding carboxylic acids is 1. The van der Waals surface area contributed by atoms with E-state index >= 15 is 0 Å². The molecule has 0 spiro atoms. The van der Waals surface area contributed by atoms with E-state index in [0.29, 0.717) is 44.8 Å². The Hall–Kier alpha value is -3.86. The molecule has 1 aliphatic rings. The lowest BCUT2D eigenvalue weighted by Crippen LogP contribution is -2.51. The van der Waals surface area contributed by atoms with Crippen molar-refractivity contribution in [2.45, 2.75) is 13.1 Å². The lowest BCUT2D eigenvalue weighted by Gasteiger charge is -2.35. The van der Waals surface area contributed by atoms with E-state index in [1.165, 1.54) is 0 Å². The number of urea groups is 1. The smallest absolute Gasteiger partial charge is 0.317 e. The van der Waals surface area contributed by atoms with Crippen LogP contribution in [0.5, 0.6) is 0 Å². The van der Waals surface area contributed by atoms with Gasteiger partial charge in [0.25, 0.3) is 0 Å². The maximum atomic E-state index is 12.6. The highest BCUT2D eigenvalue weighted by Gasteiger charge is 2.21. The molecule has 0 aliphatic carbocycles. The number of nitrogens with one attached hydrogen (secondary N) is 1. The first-order chi connectivity index (χ1) is 14.7. The maximum Gasteiger partial charge on any atom is 0.317 e. The fourth-order valence-corrected chi connectivity index (χ4v) is 3.51. The molecule has 8 nitrogen and oxygen atoms in total. The number of anilines is 1. The molecule has 8 heteroatoms. The van der Waals surface area contributed by atoms with Crippen LogP contribution in [0.3, 0.4) is 0 Å². The van der Waals surface area contributed by atoms with Gasteiger partial charge in [-0.25, -0.2) is 9.78 Å². The molecule has 1 aliphatic heterocycles. The summed E-state index contributed by atoms with van der Waals surface area (Å²) >= 11 is 0. The molecule has 152 valence electrons. The van der Waals surface area contributed by atoms with Crippen LogP contribution in [0, 0.1) is 11.3 Å². The van der Waals surface area contributed by atoms with E-state index in [2.05, 4.69) is 38.5 Å². The van der Waals surface area contributed by atoms with Gasteiger partial charge in [0.1, 0.15) is 5.82 Å². The average Bonchev–Trinajstić information content (AvgIpc) is 3.31. The molecule has 3 heterocycles. The second kappa shape index (κ2) is 9.09. The third-order valence-electron chi connectivity index (χ3n) is 5.10. The molecule has 0 saturated carbocycles. The number of aromatic nitrogens is 3. The summed E-state index contributed by atoms with van der Waals surface area (Å²) in [5.41, 5.74) is 2.80. The quantitative estimate of drug-likeness (QED) is 0.708. The number of rotatable bonds is 5. The van der Waals surface area contributed by atoms with Gasteiger partial charge in [-0.15, -0.1) is 0 Å². The fraction of sp³-hybridized carbons (Fsp3) is 0.273. The van der Waals surface area contributed by atoms with E-state index in [1.54, 1.807) is 24.5 Å². The topological polar surface area (TPSA) is 90.1 Å². The normalized spacial score (nSPS) is 13.7. The van der Waals surface area contributed by atoms with Crippen LogP contribution in [0.15, 0.2) is 61.1 Å². The SMILES string of the molecule is N#Cc1ccnc(N2CCN(C(=O)NCc3cccc(Cn4cccn4)c3)CC2)c1. The molecule has 3 aromatic rings. The highest BCUT2D eigenvalue weighted by molar-refractivity contribution is 5.74. The van der Waals surface area contributed by atoms with Gasteiger partial charge in [-0.3, -0.25) is 4.68 Å². The van der Waals surface area contributed by atoms with Crippen molar-refractivity contribution in [3.05, 3.63) is 77.7 Å². The molecule has 1 fully saturated rings. The van der Waals surface area contributed by atoms with Gasteiger partial charge in [-0.1, -0.05) is 24.3 Å². The van der Waals surface area contributed by atoms with Crippen LogP contribution >= 0.6 is 0 Å². The van der Waals surface area contributed by atoms with Crippen molar-refractivity contribution in [1.82, 2.24) is 25.0 Å². The number of amides is 2. The van der Waals surface area contributed by atoms with Crippen LogP contribution in [-0.2, 0) is 13.1 Å². The summed E-state index contributed by atoms with van der Waals surface area (Å²) in [6.45, 7) is 3.80. The maximum absolute atomic E-state index is 12.6. The van der Waals surface area contributed by atoms with Crippen LogP contribution in [0.25, 0.3) is 0 Å². The van der Waals surface area contributed by atoms with Gasteiger partial charge in [0.05, 0.1) is 18.2 Å². The Balaban J connectivity index is 1.27. The summed E-state index contributed by atoms with van der Waals surface area (Å²) in [6.07, 6.45) is 5.34. The molecular formula is C22H23N7O. The molecule has 2 aromatic heterocycles. The van der Waals surface area contributed by atoms with E-state index in [0.717, 1.165) is 16.9 Å². The standard InChI is InChI=1S/C22H23N7O/c23-15-18-5-7-24-21(14-18)27-9-11-28(12-10-27)22(30)25-16-19-3-1-4-20(13-19)17-29-8-2-6-26-29/h1-8,13-14H,9-12,16-17H2,(H,25,30). The summed E-state index contributed by atoms with van der Waals surface area (Å²) in [6, 6.07) is 15.6. The molecule has 1 N–H and O–H groups in total. The molecule has 2 amide bonds. The summed E-state index contributed by atoms with van der Waals surface area (Å²) in [5, 5.41) is 16.3. The molecule has 0 atom stereocenters. The van der Waals surface area contributed by atoms with Gasteiger partial charge in [0.15, 0.2) is 0 Å². The predicted molar refractivity (Wildman–Crippen MR) is 113 cm³/mol. The number of hydrogen-bond acceptors (Lipinski definition) is 5. The van der Waals surface area contributed by atoms with E-state index < -0.39 is 0 Å². The number of piperazine rings is 1. The highest BCUT2D eigenvalue weighted by Crippen LogP contribution is 2.15. The molecule has 1 saturated heterocycles. The largest absolute Gasteiger partial charge is 0.353 e. The Kier molecular flexibility index (Phi) is 5.90. The van der Waals surface area contributed by atoms with Gasteiger partial charge < -0.3 is 15.1 Å². The summed E-state index contributed by atoms with van der Waals surface area (Å²) < 4.78 is 1.87. The third-order valence-corrected chi connectivity index (χ3v) is 5.10. The Bertz CT molecular complexity index is 1030. The molecule has 0 unspecified atom stereocenters. The number of pyridine rings is 1. The first-order valence-electron chi connectivity index (χ1n) is 9.90. The molecule has 0 radical (unpaired) electrons. The Morgan fingerprint density at radius 3 is 2.67 bits per heavy atom. The van der Waals surface area contributed by atoms with Crippen LogP contribution < -0.4 is 10.2 Å². The summed E-state index contributed by atoms with van der Waals surface area (Å²) in [7, 11) is 0. The number of nitrogens with zero attached hydrogens (tertiary/aromatic N) is 6. The lowest BCUT2D eigenvalue weighted by molar-refractivity contribution is 0.194.